The van der Waals surface area contributed by atoms with Crippen molar-refractivity contribution in [3.63, 3.8) is 0 Å². The summed E-state index contributed by atoms with van der Waals surface area (Å²) in [5.74, 6) is 0.554. The maximum absolute atomic E-state index is 13.6. The van der Waals surface area contributed by atoms with Crippen LogP contribution < -0.4 is 14.9 Å². The van der Waals surface area contributed by atoms with Crippen molar-refractivity contribution in [1.29, 1.82) is 0 Å². The van der Waals surface area contributed by atoms with Gasteiger partial charge in [0.2, 0.25) is 0 Å². The number of fused-ring (bicyclic) bond motifs is 3. The molecule has 2 aliphatic rings. The molecule has 6 rings (SSSR count). The van der Waals surface area contributed by atoms with Crippen LogP contribution in [-0.4, -0.2) is 9.49 Å². The molecule has 3 heterocycles. The summed E-state index contributed by atoms with van der Waals surface area (Å²) in [6, 6.07) is 17.8. The Balaban J connectivity index is 1.64. The summed E-state index contributed by atoms with van der Waals surface area (Å²) in [6.07, 6.45) is 3.24. The van der Waals surface area contributed by atoms with Gasteiger partial charge in [0, 0.05) is 23.8 Å². The fourth-order valence-electron chi connectivity index (χ4n) is 4.67. The number of hydrogen-bond acceptors (Lipinski definition) is 6. The number of non-ortho nitro benzene ring substituents is 1. The number of benzene rings is 2. The van der Waals surface area contributed by atoms with Crippen LogP contribution in [0.3, 0.4) is 0 Å². The lowest BCUT2D eigenvalue weighted by Gasteiger charge is -2.30. The van der Waals surface area contributed by atoms with Crippen LogP contribution in [-0.2, 0) is 6.42 Å². The Morgan fingerprint density at radius 1 is 1.15 bits per heavy atom. The fourth-order valence-corrected chi connectivity index (χ4v) is 5.97. The predicted molar refractivity (Wildman–Crippen MR) is 132 cm³/mol. The van der Waals surface area contributed by atoms with Crippen LogP contribution in [0, 0.1) is 10.1 Å². The van der Waals surface area contributed by atoms with Gasteiger partial charge in [0.25, 0.3) is 11.2 Å². The molecule has 2 aromatic heterocycles. The molecule has 0 N–H and O–H groups in total. The van der Waals surface area contributed by atoms with Crippen LogP contribution in [0.1, 0.15) is 34.9 Å². The van der Waals surface area contributed by atoms with E-state index in [1.54, 1.807) is 34.9 Å². The maximum atomic E-state index is 13.6. The van der Waals surface area contributed by atoms with Crippen molar-refractivity contribution in [3.8, 4) is 0 Å². The molecule has 0 bridgehead atoms. The monoisotopic (exact) mass is 533 g/mol. The van der Waals surface area contributed by atoms with Crippen molar-refractivity contribution in [2.45, 2.75) is 18.9 Å². The van der Waals surface area contributed by atoms with Crippen LogP contribution in [0.4, 0.5) is 5.69 Å². The number of aromatic nitrogens is 1. The van der Waals surface area contributed by atoms with Crippen LogP contribution in [0.5, 0.6) is 0 Å². The molecule has 0 spiro atoms. The van der Waals surface area contributed by atoms with E-state index in [1.807, 2.05) is 24.3 Å². The van der Waals surface area contributed by atoms with E-state index in [9.17, 15) is 14.9 Å². The number of aryl methyl sites for hydroxylation is 1. The Kier molecular flexibility index (Phi) is 4.96. The minimum atomic E-state index is -0.468. The molecule has 1 aliphatic heterocycles. The highest BCUT2D eigenvalue weighted by atomic mass is 79.9. The lowest BCUT2D eigenvalue weighted by Crippen LogP contribution is -2.38. The quantitative estimate of drug-likeness (QED) is 0.284. The number of hydrogen-bond donors (Lipinski definition) is 0. The van der Waals surface area contributed by atoms with E-state index in [1.165, 1.54) is 23.0 Å². The van der Waals surface area contributed by atoms with Gasteiger partial charge in [-0.25, -0.2) is 4.99 Å². The first-order chi connectivity index (χ1) is 16.5. The normalized spacial score (nSPS) is 17.1. The molecule has 1 aliphatic carbocycles. The van der Waals surface area contributed by atoms with Gasteiger partial charge < -0.3 is 4.42 Å². The first kappa shape index (κ1) is 21.0. The minimum absolute atomic E-state index is 0.00424. The van der Waals surface area contributed by atoms with Crippen molar-refractivity contribution < 1.29 is 9.34 Å². The summed E-state index contributed by atoms with van der Waals surface area (Å²) < 4.78 is 8.31. The van der Waals surface area contributed by atoms with Gasteiger partial charge in [-0.05, 0) is 57.6 Å². The molecular formula is C25H16BrN3O4S. The molecule has 9 heteroatoms. The van der Waals surface area contributed by atoms with Crippen molar-refractivity contribution in [2.24, 2.45) is 4.99 Å². The second kappa shape index (κ2) is 8.03. The standard InChI is InChI=1S/C25H16BrN3O4S/c26-21-11-9-17(33-21)13-20-24(30)28-23(15-5-3-6-16(12-15)29(31)32)19-10-8-14-4-1-2-7-18(14)22(19)27-25(28)34-20/h1-7,9,11-13,23H,8,10H2/b20-13-/t23-/m1/s1. The van der Waals surface area contributed by atoms with E-state index >= 15 is 0 Å². The molecule has 1 atom stereocenters. The average molecular weight is 534 g/mol. The van der Waals surface area contributed by atoms with Crippen molar-refractivity contribution >= 4 is 44.7 Å². The molecule has 0 saturated heterocycles. The van der Waals surface area contributed by atoms with Crippen molar-refractivity contribution in [1.82, 2.24) is 4.57 Å². The molecule has 168 valence electrons. The zero-order chi connectivity index (χ0) is 23.4. The number of rotatable bonds is 3. The Morgan fingerprint density at radius 2 is 2.00 bits per heavy atom. The number of nitro groups is 1. The third kappa shape index (κ3) is 3.39. The summed E-state index contributed by atoms with van der Waals surface area (Å²) in [7, 11) is 0. The van der Waals surface area contributed by atoms with Gasteiger partial charge in [0.05, 0.1) is 21.2 Å². The third-order valence-corrected chi connectivity index (χ3v) is 7.55. The largest absolute Gasteiger partial charge is 0.450 e. The number of furan rings is 1. The maximum Gasteiger partial charge on any atom is 0.271 e. The average Bonchev–Trinajstić information content (AvgIpc) is 3.40. The first-order valence-electron chi connectivity index (χ1n) is 10.6. The zero-order valence-electron chi connectivity index (χ0n) is 17.6. The van der Waals surface area contributed by atoms with Gasteiger partial charge in [0.1, 0.15) is 5.76 Å². The van der Waals surface area contributed by atoms with E-state index in [-0.39, 0.29) is 11.2 Å². The van der Waals surface area contributed by atoms with Gasteiger partial charge in [-0.2, -0.15) is 0 Å². The van der Waals surface area contributed by atoms with Crippen LogP contribution in [0.25, 0.3) is 11.8 Å². The summed E-state index contributed by atoms with van der Waals surface area (Å²) >= 11 is 4.58. The molecule has 2 aromatic carbocycles. The summed E-state index contributed by atoms with van der Waals surface area (Å²) in [5.41, 5.74) is 4.61. The third-order valence-electron chi connectivity index (χ3n) is 6.14. The molecule has 0 saturated carbocycles. The van der Waals surface area contributed by atoms with E-state index in [0.717, 1.165) is 29.7 Å². The molecule has 0 radical (unpaired) electrons. The van der Waals surface area contributed by atoms with Crippen molar-refractivity contribution in [3.05, 3.63) is 123 Å². The number of nitrogens with zero attached hydrogens (tertiary/aromatic N) is 3. The summed E-state index contributed by atoms with van der Waals surface area (Å²) in [6.45, 7) is 0. The van der Waals surface area contributed by atoms with E-state index in [2.05, 4.69) is 22.0 Å². The predicted octanol–water partition coefficient (Wildman–Crippen LogP) is 4.58. The molecule has 0 fully saturated rings. The molecule has 4 aromatic rings. The zero-order valence-corrected chi connectivity index (χ0v) is 20.0. The smallest absolute Gasteiger partial charge is 0.271 e. The van der Waals surface area contributed by atoms with Gasteiger partial charge in [-0.1, -0.05) is 47.7 Å². The number of thiazole rings is 1. The van der Waals surface area contributed by atoms with E-state index in [0.29, 0.717) is 25.3 Å². The molecular weight excluding hydrogens is 518 g/mol. The second-order valence-electron chi connectivity index (χ2n) is 8.11. The Morgan fingerprint density at radius 3 is 2.79 bits per heavy atom. The minimum Gasteiger partial charge on any atom is -0.450 e. The van der Waals surface area contributed by atoms with Gasteiger partial charge >= 0.3 is 0 Å². The summed E-state index contributed by atoms with van der Waals surface area (Å²) in [4.78, 5) is 30.2. The molecule has 0 amide bonds. The van der Waals surface area contributed by atoms with E-state index in [4.69, 9.17) is 9.41 Å². The highest BCUT2D eigenvalue weighted by Gasteiger charge is 2.33. The van der Waals surface area contributed by atoms with E-state index < -0.39 is 11.0 Å². The first-order valence-corrected chi connectivity index (χ1v) is 12.2. The van der Waals surface area contributed by atoms with Crippen LogP contribution >= 0.6 is 27.3 Å². The summed E-state index contributed by atoms with van der Waals surface area (Å²) in [5, 5.41) is 11.5. The Hall–Kier alpha value is -3.56. The Labute approximate surface area is 205 Å². The van der Waals surface area contributed by atoms with Gasteiger partial charge in [-0.15, -0.1) is 0 Å². The number of nitro benzene ring substituents is 1. The van der Waals surface area contributed by atoms with Gasteiger partial charge in [-0.3, -0.25) is 19.5 Å². The van der Waals surface area contributed by atoms with Crippen molar-refractivity contribution in [2.75, 3.05) is 0 Å². The second-order valence-corrected chi connectivity index (χ2v) is 9.90. The molecule has 0 unspecified atom stereocenters. The molecule has 7 nitrogen and oxygen atoms in total. The highest BCUT2D eigenvalue weighted by molar-refractivity contribution is 9.10. The van der Waals surface area contributed by atoms with Gasteiger partial charge in [0.15, 0.2) is 9.47 Å². The fraction of sp³-hybridized carbons (Fsp3) is 0.120. The Bertz CT molecular complexity index is 1700. The van der Waals surface area contributed by atoms with Crippen LogP contribution in [0.15, 0.2) is 85.1 Å². The van der Waals surface area contributed by atoms with Crippen LogP contribution in [0.2, 0.25) is 0 Å². The SMILES string of the molecule is O=c1/c(=C/c2ccc(Br)o2)sc2n1[C@H](c1cccc([N+](=O)[O-])c1)C1=C(N=2)c2ccccc2CC1. The number of halogens is 1. The highest BCUT2D eigenvalue weighted by Crippen LogP contribution is 2.41. The lowest BCUT2D eigenvalue weighted by atomic mass is 9.83. The topological polar surface area (TPSA) is 90.6 Å². The lowest BCUT2D eigenvalue weighted by molar-refractivity contribution is -0.384. The number of allylic oxidation sites excluding steroid dienone is 1. The molecule has 34 heavy (non-hydrogen) atoms.